The van der Waals surface area contributed by atoms with E-state index >= 15 is 0 Å². The number of hydrogen-bond acceptors (Lipinski definition) is 5. The van der Waals surface area contributed by atoms with Crippen LogP contribution in [0.1, 0.15) is 60.0 Å². The number of thiophene rings is 1. The number of amides is 1. The lowest BCUT2D eigenvalue weighted by molar-refractivity contribution is -0.384. The van der Waals surface area contributed by atoms with Crippen molar-refractivity contribution in [3.05, 3.63) is 55.9 Å². The molecular weight excluding hydrogens is 374 g/mol. The summed E-state index contributed by atoms with van der Waals surface area (Å²) < 4.78 is 0. The van der Waals surface area contributed by atoms with Crippen molar-refractivity contribution in [1.29, 1.82) is 5.26 Å². The van der Waals surface area contributed by atoms with E-state index in [2.05, 4.69) is 32.2 Å². The molecular formula is C21H23N3O3S. The number of non-ortho nitro benzene ring substituents is 1. The van der Waals surface area contributed by atoms with Gasteiger partial charge in [-0.25, -0.2) is 0 Å². The van der Waals surface area contributed by atoms with Gasteiger partial charge in [-0.05, 0) is 48.3 Å². The monoisotopic (exact) mass is 397 g/mol. The summed E-state index contributed by atoms with van der Waals surface area (Å²) in [5.41, 5.74) is 2.13. The molecule has 0 fully saturated rings. The number of nitro groups is 1. The summed E-state index contributed by atoms with van der Waals surface area (Å²) in [6.45, 7) is 6.79. The van der Waals surface area contributed by atoms with Crippen molar-refractivity contribution in [2.75, 3.05) is 5.32 Å². The van der Waals surface area contributed by atoms with Crippen LogP contribution in [0.4, 0.5) is 10.7 Å². The molecule has 1 heterocycles. The van der Waals surface area contributed by atoms with E-state index in [1.165, 1.54) is 40.5 Å². The molecule has 146 valence electrons. The van der Waals surface area contributed by atoms with Crippen molar-refractivity contribution in [3.8, 4) is 6.07 Å². The standard InChI is InChI=1S/C21H23N3O3S/c1-4-21(2,3)14-7-10-16-17(12-22)20(28-18(16)11-14)23-19(25)13-5-8-15(9-6-13)24(26)27/h5-6,8-9,14H,4,7,10-11H2,1-3H3,(H,23,25)/t14-/m0/s1. The summed E-state index contributed by atoms with van der Waals surface area (Å²) in [6, 6.07) is 7.71. The molecule has 28 heavy (non-hydrogen) atoms. The Morgan fingerprint density at radius 2 is 2.07 bits per heavy atom. The molecule has 0 saturated carbocycles. The Morgan fingerprint density at radius 1 is 1.39 bits per heavy atom. The smallest absolute Gasteiger partial charge is 0.269 e. The maximum Gasteiger partial charge on any atom is 0.269 e. The molecule has 0 radical (unpaired) electrons. The number of nitrogens with one attached hydrogen (secondary N) is 1. The van der Waals surface area contributed by atoms with E-state index in [1.54, 1.807) is 0 Å². The van der Waals surface area contributed by atoms with E-state index in [1.807, 2.05) is 0 Å². The van der Waals surface area contributed by atoms with Crippen molar-refractivity contribution in [2.45, 2.75) is 46.5 Å². The molecule has 2 aromatic rings. The van der Waals surface area contributed by atoms with Gasteiger partial charge in [0.15, 0.2) is 0 Å². The zero-order valence-corrected chi connectivity index (χ0v) is 17.1. The fourth-order valence-electron chi connectivity index (χ4n) is 3.66. The van der Waals surface area contributed by atoms with Crippen LogP contribution in [0.25, 0.3) is 0 Å². The first-order valence-corrected chi connectivity index (χ1v) is 10.2. The second-order valence-electron chi connectivity index (χ2n) is 7.86. The summed E-state index contributed by atoms with van der Waals surface area (Å²) in [7, 11) is 0. The lowest BCUT2D eigenvalue weighted by Gasteiger charge is -2.36. The van der Waals surface area contributed by atoms with E-state index in [9.17, 15) is 20.2 Å². The Hall–Kier alpha value is -2.72. The van der Waals surface area contributed by atoms with Crippen LogP contribution in [0.3, 0.4) is 0 Å². The van der Waals surface area contributed by atoms with Crippen molar-refractivity contribution in [3.63, 3.8) is 0 Å². The molecule has 1 aliphatic carbocycles. The lowest BCUT2D eigenvalue weighted by atomic mass is 9.69. The quantitative estimate of drug-likeness (QED) is 0.545. The fraction of sp³-hybridized carbons (Fsp3) is 0.429. The second-order valence-corrected chi connectivity index (χ2v) is 8.96. The minimum atomic E-state index is -0.503. The van der Waals surface area contributed by atoms with Gasteiger partial charge in [0.05, 0.1) is 10.5 Å². The van der Waals surface area contributed by atoms with Gasteiger partial charge in [0, 0.05) is 22.6 Å². The van der Waals surface area contributed by atoms with Crippen LogP contribution >= 0.6 is 11.3 Å². The Bertz CT molecular complexity index is 955. The number of carbonyl (C=O) groups excluding carboxylic acids is 1. The Labute approximate surface area is 168 Å². The minimum Gasteiger partial charge on any atom is -0.312 e. The number of carbonyl (C=O) groups is 1. The predicted molar refractivity (Wildman–Crippen MR) is 110 cm³/mol. The van der Waals surface area contributed by atoms with Crippen LogP contribution in [0, 0.1) is 32.8 Å². The molecule has 3 rings (SSSR count). The summed E-state index contributed by atoms with van der Waals surface area (Å²) in [5.74, 6) is 0.198. The molecule has 1 atom stereocenters. The van der Waals surface area contributed by atoms with E-state index in [0.29, 0.717) is 22.0 Å². The van der Waals surface area contributed by atoms with Crippen molar-refractivity contribution in [1.82, 2.24) is 0 Å². The van der Waals surface area contributed by atoms with Gasteiger partial charge in [0.25, 0.3) is 11.6 Å². The van der Waals surface area contributed by atoms with Crippen molar-refractivity contribution in [2.24, 2.45) is 11.3 Å². The SMILES string of the molecule is CCC(C)(C)[C@H]1CCc2c(sc(NC(=O)c3ccc([N+](=O)[O-])cc3)c2C#N)C1. The summed E-state index contributed by atoms with van der Waals surface area (Å²) in [6.07, 6.45) is 3.95. The van der Waals surface area contributed by atoms with Crippen LogP contribution in [-0.4, -0.2) is 10.8 Å². The molecule has 0 bridgehead atoms. The van der Waals surface area contributed by atoms with Gasteiger partial charge in [0.1, 0.15) is 11.1 Å². The van der Waals surface area contributed by atoms with Gasteiger partial charge in [-0.15, -0.1) is 11.3 Å². The highest BCUT2D eigenvalue weighted by molar-refractivity contribution is 7.16. The normalized spacial score (nSPS) is 16.1. The number of fused-ring (bicyclic) bond motifs is 1. The summed E-state index contributed by atoms with van der Waals surface area (Å²) in [4.78, 5) is 24.0. The average Bonchev–Trinajstić information content (AvgIpc) is 3.03. The number of anilines is 1. The summed E-state index contributed by atoms with van der Waals surface area (Å²) in [5, 5.41) is 23.8. The molecule has 1 amide bonds. The van der Waals surface area contributed by atoms with Crippen molar-refractivity contribution < 1.29 is 9.72 Å². The van der Waals surface area contributed by atoms with Gasteiger partial charge in [-0.2, -0.15) is 5.26 Å². The number of nitrogens with zero attached hydrogens (tertiary/aromatic N) is 2. The molecule has 0 saturated heterocycles. The van der Waals surface area contributed by atoms with E-state index < -0.39 is 4.92 Å². The van der Waals surface area contributed by atoms with Crippen LogP contribution < -0.4 is 5.32 Å². The highest BCUT2D eigenvalue weighted by Crippen LogP contribution is 2.45. The molecule has 0 aliphatic heterocycles. The first-order chi connectivity index (χ1) is 13.3. The van der Waals surface area contributed by atoms with Gasteiger partial charge in [-0.3, -0.25) is 14.9 Å². The van der Waals surface area contributed by atoms with Gasteiger partial charge < -0.3 is 5.32 Å². The third kappa shape index (κ3) is 3.78. The van der Waals surface area contributed by atoms with Crippen LogP contribution in [-0.2, 0) is 12.8 Å². The third-order valence-electron chi connectivity index (χ3n) is 5.96. The minimum absolute atomic E-state index is 0.0644. The zero-order valence-electron chi connectivity index (χ0n) is 16.2. The fourth-order valence-corrected chi connectivity index (χ4v) is 4.93. The van der Waals surface area contributed by atoms with Crippen LogP contribution in [0.15, 0.2) is 24.3 Å². The zero-order chi connectivity index (χ0) is 20.5. The number of nitro benzene ring substituents is 1. The van der Waals surface area contributed by atoms with Crippen molar-refractivity contribution >= 4 is 27.9 Å². The Morgan fingerprint density at radius 3 is 2.64 bits per heavy atom. The molecule has 6 nitrogen and oxygen atoms in total. The Balaban J connectivity index is 1.83. The predicted octanol–water partition coefficient (Wildman–Crippen LogP) is 5.32. The topological polar surface area (TPSA) is 96.0 Å². The van der Waals surface area contributed by atoms with Crippen LogP contribution in [0.5, 0.6) is 0 Å². The largest absolute Gasteiger partial charge is 0.312 e. The second kappa shape index (κ2) is 7.72. The van der Waals surface area contributed by atoms with Gasteiger partial charge in [0.2, 0.25) is 0 Å². The average molecular weight is 398 g/mol. The van der Waals surface area contributed by atoms with Gasteiger partial charge in [-0.1, -0.05) is 27.2 Å². The summed E-state index contributed by atoms with van der Waals surface area (Å²) >= 11 is 1.49. The Kier molecular flexibility index (Phi) is 5.52. The number of nitriles is 1. The first-order valence-electron chi connectivity index (χ1n) is 9.37. The maximum absolute atomic E-state index is 12.6. The molecule has 1 N–H and O–H groups in total. The molecule has 0 unspecified atom stereocenters. The molecule has 1 aromatic carbocycles. The van der Waals surface area contributed by atoms with E-state index in [0.717, 1.165) is 31.2 Å². The van der Waals surface area contributed by atoms with E-state index in [-0.39, 0.29) is 17.0 Å². The van der Waals surface area contributed by atoms with Gasteiger partial charge >= 0.3 is 0 Å². The molecule has 1 aromatic heterocycles. The maximum atomic E-state index is 12.6. The highest BCUT2D eigenvalue weighted by Gasteiger charge is 2.34. The molecule has 1 aliphatic rings. The highest BCUT2D eigenvalue weighted by atomic mass is 32.1. The van der Waals surface area contributed by atoms with Crippen LogP contribution in [0.2, 0.25) is 0 Å². The lowest BCUT2D eigenvalue weighted by Crippen LogP contribution is -2.28. The first kappa shape index (κ1) is 20.0. The number of rotatable bonds is 5. The number of benzene rings is 1. The molecule has 7 heteroatoms. The molecule has 0 spiro atoms. The third-order valence-corrected chi connectivity index (χ3v) is 7.13. The van der Waals surface area contributed by atoms with E-state index in [4.69, 9.17) is 0 Å². The number of hydrogen-bond donors (Lipinski definition) is 1.